The van der Waals surface area contributed by atoms with Gasteiger partial charge in [0.2, 0.25) is 5.91 Å². The molecule has 33 heavy (non-hydrogen) atoms. The molecule has 2 atom stereocenters. The van der Waals surface area contributed by atoms with Crippen molar-refractivity contribution in [2.45, 2.75) is 38.0 Å². The summed E-state index contributed by atoms with van der Waals surface area (Å²) in [6.07, 6.45) is 2.75. The number of benzene rings is 2. The van der Waals surface area contributed by atoms with E-state index < -0.39 is 24.1 Å². The van der Waals surface area contributed by atoms with Gasteiger partial charge in [-0.15, -0.1) is 0 Å². The summed E-state index contributed by atoms with van der Waals surface area (Å²) < 4.78 is 10.3. The second-order valence-electron chi connectivity index (χ2n) is 8.04. The van der Waals surface area contributed by atoms with Crippen LogP contribution in [0.5, 0.6) is 0 Å². The summed E-state index contributed by atoms with van der Waals surface area (Å²) in [4.78, 5) is 42.8. The van der Waals surface area contributed by atoms with E-state index in [9.17, 15) is 14.4 Å². The highest BCUT2D eigenvalue weighted by atomic mass is 16.6. The van der Waals surface area contributed by atoms with E-state index in [4.69, 9.17) is 9.47 Å². The number of esters is 1. The summed E-state index contributed by atoms with van der Waals surface area (Å²) in [5.41, 5.74) is 2.72. The number of H-pyrrole nitrogens is 1. The molecule has 2 heterocycles. The number of methoxy groups -OCH3 is 1. The number of fused-ring (bicyclic) bond motifs is 1. The Morgan fingerprint density at radius 2 is 1.88 bits per heavy atom. The molecule has 1 aromatic heterocycles. The lowest BCUT2D eigenvalue weighted by atomic mass is 10.0. The Morgan fingerprint density at radius 1 is 1.12 bits per heavy atom. The molecule has 172 valence electrons. The fourth-order valence-corrected chi connectivity index (χ4v) is 4.18. The van der Waals surface area contributed by atoms with Crippen LogP contribution >= 0.6 is 0 Å². The lowest BCUT2D eigenvalue weighted by Gasteiger charge is -2.25. The van der Waals surface area contributed by atoms with Gasteiger partial charge in [-0.25, -0.2) is 9.59 Å². The van der Waals surface area contributed by atoms with Crippen molar-refractivity contribution in [1.82, 2.24) is 15.2 Å². The second-order valence-corrected chi connectivity index (χ2v) is 8.04. The molecule has 0 aliphatic carbocycles. The van der Waals surface area contributed by atoms with Crippen LogP contribution < -0.4 is 5.32 Å². The van der Waals surface area contributed by atoms with E-state index in [0.717, 1.165) is 22.0 Å². The zero-order chi connectivity index (χ0) is 23.2. The van der Waals surface area contributed by atoms with Crippen LogP contribution in [0, 0.1) is 0 Å². The monoisotopic (exact) mass is 449 g/mol. The van der Waals surface area contributed by atoms with Gasteiger partial charge >= 0.3 is 12.1 Å². The second kappa shape index (κ2) is 10.2. The normalized spacial score (nSPS) is 16.4. The SMILES string of the molecule is COC(=O)[C@@H](Cc1c[nH]c2ccccc12)NC(=O)[C@@H]1CCCN1C(=O)OCc1ccccc1. The van der Waals surface area contributed by atoms with E-state index in [0.29, 0.717) is 19.4 Å². The summed E-state index contributed by atoms with van der Waals surface area (Å²) in [5, 5.41) is 3.77. The summed E-state index contributed by atoms with van der Waals surface area (Å²) in [6, 6.07) is 15.6. The number of carbonyl (C=O) groups excluding carboxylic acids is 3. The third-order valence-corrected chi connectivity index (χ3v) is 5.90. The lowest BCUT2D eigenvalue weighted by Crippen LogP contribution is -2.51. The molecule has 2 aromatic carbocycles. The van der Waals surface area contributed by atoms with Gasteiger partial charge in [-0.1, -0.05) is 48.5 Å². The Bertz CT molecular complexity index is 1130. The fraction of sp³-hybridized carbons (Fsp3) is 0.320. The number of likely N-dealkylation sites (tertiary alicyclic amines) is 1. The maximum absolute atomic E-state index is 13.1. The third kappa shape index (κ3) is 5.16. The van der Waals surface area contributed by atoms with Gasteiger partial charge in [0.15, 0.2) is 0 Å². The molecule has 0 saturated carbocycles. The van der Waals surface area contributed by atoms with Crippen molar-refractivity contribution in [2.24, 2.45) is 0 Å². The van der Waals surface area contributed by atoms with Gasteiger partial charge in [-0.3, -0.25) is 9.69 Å². The number of carbonyl (C=O) groups is 3. The average Bonchev–Trinajstić information content (AvgIpc) is 3.50. The quantitative estimate of drug-likeness (QED) is 0.540. The van der Waals surface area contributed by atoms with E-state index in [1.54, 1.807) is 0 Å². The zero-order valence-electron chi connectivity index (χ0n) is 18.5. The van der Waals surface area contributed by atoms with Crippen molar-refractivity contribution in [1.29, 1.82) is 0 Å². The van der Waals surface area contributed by atoms with Gasteiger partial charge in [0.1, 0.15) is 18.7 Å². The number of rotatable bonds is 7. The van der Waals surface area contributed by atoms with Crippen LogP contribution in [0.4, 0.5) is 4.79 Å². The maximum atomic E-state index is 13.1. The van der Waals surface area contributed by atoms with Gasteiger partial charge in [0.25, 0.3) is 0 Å². The summed E-state index contributed by atoms with van der Waals surface area (Å²) in [7, 11) is 1.29. The Kier molecular flexibility index (Phi) is 6.92. The van der Waals surface area contributed by atoms with Crippen LogP contribution in [-0.4, -0.2) is 53.6 Å². The number of para-hydroxylation sites is 1. The standard InChI is InChI=1S/C25H27N3O5/c1-32-24(30)21(14-18-15-26-20-11-6-5-10-19(18)20)27-23(29)22-12-7-13-28(22)25(31)33-16-17-8-3-2-4-9-17/h2-6,8-11,15,21-22,26H,7,12-14,16H2,1H3,(H,27,29)/t21-,22+/m1/s1. The number of hydrogen-bond donors (Lipinski definition) is 2. The molecule has 2 amide bonds. The zero-order valence-corrected chi connectivity index (χ0v) is 18.5. The molecule has 4 rings (SSSR count). The Hall–Kier alpha value is -3.81. The van der Waals surface area contributed by atoms with Crippen molar-refractivity contribution in [3.63, 3.8) is 0 Å². The van der Waals surface area contributed by atoms with Crippen molar-refractivity contribution in [3.8, 4) is 0 Å². The fourth-order valence-electron chi connectivity index (χ4n) is 4.18. The largest absolute Gasteiger partial charge is 0.467 e. The molecule has 1 aliphatic rings. The predicted molar refractivity (Wildman–Crippen MR) is 122 cm³/mol. The lowest BCUT2D eigenvalue weighted by molar-refractivity contribution is -0.145. The van der Waals surface area contributed by atoms with E-state index in [-0.39, 0.29) is 18.9 Å². The molecule has 0 radical (unpaired) electrons. The third-order valence-electron chi connectivity index (χ3n) is 5.90. The molecule has 1 fully saturated rings. The first kappa shape index (κ1) is 22.4. The number of nitrogens with zero attached hydrogens (tertiary/aromatic N) is 1. The molecule has 8 heteroatoms. The van der Waals surface area contributed by atoms with Crippen LogP contribution in [0.2, 0.25) is 0 Å². The number of hydrogen-bond acceptors (Lipinski definition) is 5. The van der Waals surface area contributed by atoms with Crippen LogP contribution in [0.3, 0.4) is 0 Å². The highest BCUT2D eigenvalue weighted by Crippen LogP contribution is 2.22. The molecule has 2 N–H and O–H groups in total. The first-order chi connectivity index (χ1) is 16.1. The number of aromatic amines is 1. The number of amides is 2. The number of aromatic nitrogens is 1. The molecule has 0 spiro atoms. The molecule has 3 aromatic rings. The molecular formula is C25H27N3O5. The molecule has 8 nitrogen and oxygen atoms in total. The molecule has 1 saturated heterocycles. The van der Waals surface area contributed by atoms with E-state index in [2.05, 4.69) is 10.3 Å². The van der Waals surface area contributed by atoms with Gasteiger partial charge in [-0.2, -0.15) is 0 Å². The minimum Gasteiger partial charge on any atom is -0.467 e. The van der Waals surface area contributed by atoms with E-state index in [1.165, 1.54) is 12.0 Å². The first-order valence-corrected chi connectivity index (χ1v) is 11.0. The predicted octanol–water partition coefficient (Wildman–Crippen LogP) is 3.17. The molecule has 0 unspecified atom stereocenters. The minimum absolute atomic E-state index is 0.135. The minimum atomic E-state index is -0.871. The number of nitrogens with one attached hydrogen (secondary N) is 2. The van der Waals surface area contributed by atoms with E-state index >= 15 is 0 Å². The van der Waals surface area contributed by atoms with Crippen molar-refractivity contribution in [3.05, 3.63) is 71.9 Å². The van der Waals surface area contributed by atoms with Crippen LogP contribution in [0.25, 0.3) is 10.9 Å². The van der Waals surface area contributed by atoms with Crippen LogP contribution in [-0.2, 0) is 32.1 Å². The Labute approximate surface area is 191 Å². The van der Waals surface area contributed by atoms with Crippen molar-refractivity contribution < 1.29 is 23.9 Å². The highest BCUT2D eigenvalue weighted by molar-refractivity contribution is 5.91. The molecule has 0 bridgehead atoms. The summed E-state index contributed by atoms with van der Waals surface area (Å²) >= 11 is 0. The summed E-state index contributed by atoms with van der Waals surface area (Å²) in [6.45, 7) is 0.562. The van der Waals surface area contributed by atoms with Crippen LogP contribution in [0.15, 0.2) is 60.8 Å². The smallest absolute Gasteiger partial charge is 0.410 e. The summed E-state index contributed by atoms with van der Waals surface area (Å²) in [5.74, 6) is -0.927. The van der Waals surface area contributed by atoms with Crippen LogP contribution in [0.1, 0.15) is 24.0 Å². The maximum Gasteiger partial charge on any atom is 0.410 e. The van der Waals surface area contributed by atoms with Gasteiger partial charge in [0.05, 0.1) is 7.11 Å². The van der Waals surface area contributed by atoms with Crippen molar-refractivity contribution >= 4 is 28.9 Å². The average molecular weight is 450 g/mol. The molecular weight excluding hydrogens is 422 g/mol. The Balaban J connectivity index is 1.42. The van der Waals surface area contributed by atoms with Crippen molar-refractivity contribution in [2.75, 3.05) is 13.7 Å². The van der Waals surface area contributed by atoms with E-state index in [1.807, 2.05) is 60.8 Å². The highest BCUT2D eigenvalue weighted by Gasteiger charge is 2.37. The topological polar surface area (TPSA) is 101 Å². The first-order valence-electron chi connectivity index (χ1n) is 11.0. The number of ether oxygens (including phenoxy) is 2. The molecule has 1 aliphatic heterocycles. The van der Waals surface area contributed by atoms with Gasteiger partial charge in [0, 0.05) is 30.1 Å². The van der Waals surface area contributed by atoms with Gasteiger partial charge < -0.3 is 19.8 Å². The van der Waals surface area contributed by atoms with Gasteiger partial charge in [-0.05, 0) is 30.0 Å². The Morgan fingerprint density at radius 3 is 2.67 bits per heavy atom.